The monoisotopic (exact) mass is 467 g/mol. The van der Waals surface area contributed by atoms with Crippen molar-refractivity contribution in [3.8, 4) is 18.1 Å². The summed E-state index contributed by atoms with van der Waals surface area (Å²) in [5.41, 5.74) is 0.325. The number of sulfonamides is 1. The van der Waals surface area contributed by atoms with Crippen LogP contribution in [0.5, 0.6) is 5.75 Å². The Bertz CT molecular complexity index is 1280. The number of nitrogens with zero attached hydrogens (tertiary/aromatic N) is 2. The van der Waals surface area contributed by atoms with E-state index in [0.29, 0.717) is 28.0 Å². The van der Waals surface area contributed by atoms with Gasteiger partial charge in [-0.05, 0) is 31.2 Å². The predicted molar refractivity (Wildman–Crippen MR) is 128 cm³/mol. The van der Waals surface area contributed by atoms with E-state index in [4.69, 9.17) is 15.9 Å². The summed E-state index contributed by atoms with van der Waals surface area (Å²) < 4.78 is 38.4. The molecule has 0 unspecified atom stereocenters. The maximum Gasteiger partial charge on any atom is 0.307 e. The highest BCUT2D eigenvalue weighted by Crippen LogP contribution is 2.32. The number of hydrogen-bond donors (Lipinski definition) is 1. The summed E-state index contributed by atoms with van der Waals surface area (Å²) in [6.07, 6.45) is 7.15. The number of anilines is 2. The van der Waals surface area contributed by atoms with Crippen molar-refractivity contribution in [1.82, 2.24) is 4.98 Å². The van der Waals surface area contributed by atoms with E-state index >= 15 is 0 Å². The first-order valence-electron chi connectivity index (χ1n) is 10.1. The van der Waals surface area contributed by atoms with Gasteiger partial charge in [0.2, 0.25) is 0 Å². The summed E-state index contributed by atoms with van der Waals surface area (Å²) in [7, 11) is -1.02. The van der Waals surface area contributed by atoms with Gasteiger partial charge in [0.1, 0.15) is 11.6 Å². The Morgan fingerprint density at radius 3 is 2.42 bits per heavy atom. The van der Waals surface area contributed by atoms with Crippen molar-refractivity contribution >= 4 is 38.3 Å². The second-order valence-electron chi connectivity index (χ2n) is 7.28. The van der Waals surface area contributed by atoms with Gasteiger partial charge in [-0.1, -0.05) is 30.2 Å². The van der Waals surface area contributed by atoms with E-state index in [2.05, 4.69) is 15.6 Å². The Morgan fingerprint density at radius 1 is 1.15 bits per heavy atom. The lowest BCUT2D eigenvalue weighted by Crippen LogP contribution is -2.36. The molecule has 0 saturated heterocycles. The quantitative estimate of drug-likeness (QED) is 0.380. The van der Waals surface area contributed by atoms with Gasteiger partial charge in [0.25, 0.3) is 10.0 Å². The Kier molecular flexibility index (Phi) is 7.41. The minimum absolute atomic E-state index is 0.0946. The number of ether oxygens (including phenoxy) is 2. The smallest absolute Gasteiger partial charge is 0.307 e. The van der Waals surface area contributed by atoms with Gasteiger partial charge in [-0.25, -0.2) is 13.4 Å². The highest BCUT2D eigenvalue weighted by atomic mass is 32.2. The molecule has 172 valence electrons. The van der Waals surface area contributed by atoms with Gasteiger partial charge in [0.05, 0.1) is 44.0 Å². The Balaban J connectivity index is 2.02. The molecule has 0 radical (unpaired) electrons. The van der Waals surface area contributed by atoms with Gasteiger partial charge in [-0.2, -0.15) is 0 Å². The lowest BCUT2D eigenvalue weighted by molar-refractivity contribution is -0.140. The summed E-state index contributed by atoms with van der Waals surface area (Å²) in [5.74, 6) is 3.34. The molecule has 0 fully saturated rings. The van der Waals surface area contributed by atoms with Crippen LogP contribution in [-0.2, 0) is 19.6 Å². The number of carbonyl (C=O) groups is 1. The summed E-state index contributed by atoms with van der Waals surface area (Å²) in [4.78, 5) is 18.2. The third-order valence-electron chi connectivity index (χ3n) is 5.14. The minimum Gasteiger partial charge on any atom is -0.497 e. The number of benzene rings is 2. The lowest BCUT2D eigenvalue weighted by Gasteiger charge is -2.29. The third-order valence-corrected chi connectivity index (χ3v) is 6.53. The fourth-order valence-corrected chi connectivity index (χ4v) is 4.48. The molecule has 0 aliphatic carbocycles. The Morgan fingerprint density at radius 2 is 1.82 bits per heavy atom. The van der Waals surface area contributed by atoms with Crippen LogP contribution in [0.4, 0.5) is 11.5 Å². The molecule has 1 aromatic heterocycles. The maximum absolute atomic E-state index is 13.0. The van der Waals surface area contributed by atoms with Crippen molar-refractivity contribution in [1.29, 1.82) is 0 Å². The van der Waals surface area contributed by atoms with Crippen LogP contribution >= 0.6 is 0 Å². The number of rotatable bonds is 9. The first kappa shape index (κ1) is 23.9. The number of terminal acetylenes is 1. The minimum atomic E-state index is -3.86. The average Bonchev–Trinajstić information content (AvgIpc) is 2.82. The molecule has 9 heteroatoms. The molecule has 0 aliphatic heterocycles. The van der Waals surface area contributed by atoms with Gasteiger partial charge < -0.3 is 14.4 Å². The number of methoxy groups -OCH3 is 2. The fraction of sp³-hybridized carbons (Fsp3) is 0.250. The van der Waals surface area contributed by atoms with Crippen LogP contribution in [0, 0.1) is 12.3 Å². The van der Waals surface area contributed by atoms with E-state index in [9.17, 15) is 13.2 Å². The fourth-order valence-electron chi connectivity index (χ4n) is 3.42. The largest absolute Gasteiger partial charge is 0.497 e. The maximum atomic E-state index is 13.0. The number of aromatic nitrogens is 1. The zero-order chi connectivity index (χ0) is 24.0. The van der Waals surface area contributed by atoms with Crippen LogP contribution in [0.3, 0.4) is 0 Å². The Labute approximate surface area is 193 Å². The normalized spacial score (nSPS) is 11.9. The number of hydrogen-bond acceptors (Lipinski definition) is 7. The van der Waals surface area contributed by atoms with Crippen molar-refractivity contribution < 1.29 is 22.7 Å². The average molecular weight is 468 g/mol. The topological polar surface area (TPSA) is 97.8 Å². The van der Waals surface area contributed by atoms with E-state index in [0.717, 1.165) is 0 Å². The second-order valence-corrected chi connectivity index (χ2v) is 8.97. The van der Waals surface area contributed by atoms with E-state index in [-0.39, 0.29) is 29.9 Å². The lowest BCUT2D eigenvalue weighted by atomic mass is 10.1. The van der Waals surface area contributed by atoms with E-state index < -0.39 is 10.0 Å². The van der Waals surface area contributed by atoms with Gasteiger partial charge in [0.15, 0.2) is 0 Å². The molecule has 33 heavy (non-hydrogen) atoms. The molecule has 0 spiro atoms. The van der Waals surface area contributed by atoms with Crippen molar-refractivity contribution in [3.63, 3.8) is 0 Å². The van der Waals surface area contributed by atoms with E-state index in [1.807, 2.05) is 24.0 Å². The Hall–Kier alpha value is -3.77. The molecule has 1 atom stereocenters. The number of esters is 1. The summed E-state index contributed by atoms with van der Waals surface area (Å²) in [6.45, 7) is 2.07. The molecule has 2 aromatic carbocycles. The molecule has 3 aromatic rings. The molecule has 0 bridgehead atoms. The standard InChI is InChI=1S/C24H25N3O5S/c1-5-14-27(17(2)15-23(28)32-4)24-21-9-7-6-8-20(21)22(16-25-24)26-33(29,30)19-12-10-18(31-3)11-13-19/h1,6-13,16-17,26H,14-15H2,2-4H3/t17-/m0/s1. The van der Waals surface area contributed by atoms with Gasteiger partial charge in [-0.15, -0.1) is 6.42 Å². The first-order valence-corrected chi connectivity index (χ1v) is 11.6. The molecule has 0 aliphatic rings. The molecular weight excluding hydrogens is 442 g/mol. The van der Waals surface area contributed by atoms with Crippen LogP contribution in [-0.4, -0.2) is 46.2 Å². The van der Waals surface area contributed by atoms with Crippen LogP contribution in [0.1, 0.15) is 13.3 Å². The molecule has 0 saturated carbocycles. The van der Waals surface area contributed by atoms with Crippen LogP contribution < -0.4 is 14.4 Å². The van der Waals surface area contributed by atoms with Gasteiger partial charge in [0, 0.05) is 16.8 Å². The van der Waals surface area contributed by atoms with Gasteiger partial charge in [-0.3, -0.25) is 9.52 Å². The van der Waals surface area contributed by atoms with Crippen LogP contribution in [0.25, 0.3) is 10.8 Å². The van der Waals surface area contributed by atoms with Crippen molar-refractivity contribution in [3.05, 3.63) is 54.7 Å². The predicted octanol–water partition coefficient (Wildman–Crippen LogP) is 3.44. The number of pyridine rings is 1. The highest BCUT2D eigenvalue weighted by molar-refractivity contribution is 7.92. The molecular formula is C24H25N3O5S. The molecule has 1 heterocycles. The summed E-state index contributed by atoms with van der Waals surface area (Å²) in [5, 5.41) is 1.34. The van der Waals surface area contributed by atoms with Crippen molar-refractivity contribution in [2.75, 3.05) is 30.4 Å². The van der Waals surface area contributed by atoms with E-state index in [1.54, 1.807) is 24.3 Å². The molecule has 3 rings (SSSR count). The molecule has 8 nitrogen and oxygen atoms in total. The van der Waals surface area contributed by atoms with Crippen molar-refractivity contribution in [2.45, 2.75) is 24.3 Å². The zero-order valence-corrected chi connectivity index (χ0v) is 19.4. The number of nitrogens with one attached hydrogen (secondary N) is 1. The summed E-state index contributed by atoms with van der Waals surface area (Å²) in [6, 6.07) is 13.1. The van der Waals surface area contributed by atoms with Crippen LogP contribution in [0.2, 0.25) is 0 Å². The van der Waals surface area contributed by atoms with Crippen LogP contribution in [0.15, 0.2) is 59.6 Å². The SMILES string of the molecule is C#CCN(c1ncc(NS(=O)(=O)c2ccc(OC)cc2)c2ccccc12)[C@@H](C)CC(=O)OC. The third kappa shape index (κ3) is 5.35. The molecule has 0 amide bonds. The van der Waals surface area contributed by atoms with E-state index in [1.165, 1.54) is 32.5 Å². The van der Waals surface area contributed by atoms with Gasteiger partial charge >= 0.3 is 5.97 Å². The van der Waals surface area contributed by atoms with Crippen molar-refractivity contribution in [2.24, 2.45) is 0 Å². The zero-order valence-electron chi connectivity index (χ0n) is 18.6. The highest BCUT2D eigenvalue weighted by Gasteiger charge is 2.23. The number of fused-ring (bicyclic) bond motifs is 1. The number of carbonyl (C=O) groups excluding carboxylic acids is 1. The first-order chi connectivity index (χ1) is 15.8. The molecule has 1 N–H and O–H groups in total. The second kappa shape index (κ2) is 10.2. The summed E-state index contributed by atoms with van der Waals surface area (Å²) >= 11 is 0.